The van der Waals surface area contributed by atoms with Crippen LogP contribution in [0.4, 0.5) is 17.1 Å². The van der Waals surface area contributed by atoms with Crippen LogP contribution in [0.5, 0.6) is 11.5 Å². The maximum atomic E-state index is 13.2. The van der Waals surface area contributed by atoms with Gasteiger partial charge in [0.1, 0.15) is 22.6 Å². The molecule has 0 saturated heterocycles. The van der Waals surface area contributed by atoms with Crippen molar-refractivity contribution in [3.8, 4) is 11.5 Å². The van der Waals surface area contributed by atoms with E-state index < -0.39 is 10.8 Å². The zero-order valence-electron chi connectivity index (χ0n) is 17.8. The maximum absolute atomic E-state index is 13.2. The molecular formula is C24H19N3O6. The van der Waals surface area contributed by atoms with Crippen molar-refractivity contribution < 1.29 is 23.6 Å². The molecule has 0 atom stereocenters. The van der Waals surface area contributed by atoms with Crippen LogP contribution in [0.1, 0.15) is 10.4 Å². The van der Waals surface area contributed by atoms with Crippen molar-refractivity contribution in [2.45, 2.75) is 0 Å². The molecule has 0 fully saturated rings. The van der Waals surface area contributed by atoms with E-state index in [4.69, 9.17) is 13.9 Å². The summed E-state index contributed by atoms with van der Waals surface area (Å²) in [5.74, 6) is 0.745. The fourth-order valence-electron chi connectivity index (χ4n) is 3.15. The minimum atomic E-state index is -0.509. The van der Waals surface area contributed by atoms with Crippen LogP contribution in [-0.4, -0.2) is 25.1 Å². The number of carbonyl (C=O) groups excluding carboxylic acids is 1. The highest BCUT2D eigenvalue weighted by atomic mass is 16.6. The molecule has 0 radical (unpaired) electrons. The van der Waals surface area contributed by atoms with Crippen molar-refractivity contribution >= 4 is 33.9 Å². The number of ether oxygens (including phenoxy) is 2. The first-order valence-electron chi connectivity index (χ1n) is 9.83. The minimum Gasteiger partial charge on any atom is -0.497 e. The van der Waals surface area contributed by atoms with Gasteiger partial charge in [0.2, 0.25) is 5.55 Å². The molecule has 9 heteroatoms. The average Bonchev–Trinajstić information content (AvgIpc) is 2.83. The molecule has 0 unspecified atom stereocenters. The van der Waals surface area contributed by atoms with Crippen LogP contribution < -0.4 is 20.3 Å². The molecule has 166 valence electrons. The van der Waals surface area contributed by atoms with Gasteiger partial charge in [-0.2, -0.15) is 0 Å². The smallest absolute Gasteiger partial charge is 0.270 e. The number of fused-ring (bicyclic) bond motifs is 1. The number of anilines is 1. The molecule has 0 bridgehead atoms. The van der Waals surface area contributed by atoms with Crippen LogP contribution in [0.2, 0.25) is 0 Å². The number of rotatable bonds is 6. The summed E-state index contributed by atoms with van der Waals surface area (Å²) in [4.78, 5) is 28.3. The summed E-state index contributed by atoms with van der Waals surface area (Å²) in [7, 11) is 3.09. The normalized spacial score (nSPS) is 11.3. The Bertz CT molecular complexity index is 1410. The van der Waals surface area contributed by atoms with E-state index in [1.807, 2.05) is 0 Å². The molecule has 3 aromatic carbocycles. The first-order chi connectivity index (χ1) is 16.0. The molecule has 0 spiro atoms. The predicted octanol–water partition coefficient (Wildman–Crippen LogP) is 4.84. The van der Waals surface area contributed by atoms with Crippen molar-refractivity contribution in [2.24, 2.45) is 4.99 Å². The van der Waals surface area contributed by atoms with E-state index in [0.29, 0.717) is 33.8 Å². The molecule has 1 N–H and O–H groups in total. The largest absolute Gasteiger partial charge is 0.497 e. The predicted molar refractivity (Wildman–Crippen MR) is 122 cm³/mol. The van der Waals surface area contributed by atoms with Crippen LogP contribution in [-0.2, 0) is 0 Å². The van der Waals surface area contributed by atoms with E-state index in [-0.39, 0.29) is 16.8 Å². The molecule has 1 amide bonds. The van der Waals surface area contributed by atoms with Crippen molar-refractivity contribution in [2.75, 3.05) is 19.5 Å². The fraction of sp³-hybridized carbons (Fsp3) is 0.0833. The van der Waals surface area contributed by atoms with Crippen molar-refractivity contribution in [1.29, 1.82) is 0 Å². The van der Waals surface area contributed by atoms with E-state index >= 15 is 0 Å². The van der Waals surface area contributed by atoms with E-state index in [2.05, 4.69) is 10.3 Å². The molecule has 4 aromatic rings. The van der Waals surface area contributed by atoms with Crippen molar-refractivity contribution in [3.63, 3.8) is 0 Å². The lowest BCUT2D eigenvalue weighted by molar-refractivity contribution is -0.384. The third-order valence-corrected chi connectivity index (χ3v) is 4.82. The quantitative estimate of drug-likeness (QED) is 0.335. The number of non-ortho nitro benzene ring substituents is 1. The summed E-state index contributed by atoms with van der Waals surface area (Å²) >= 11 is 0. The number of amides is 1. The van der Waals surface area contributed by atoms with Crippen molar-refractivity contribution in [3.05, 3.63) is 94.0 Å². The Morgan fingerprint density at radius 2 is 1.73 bits per heavy atom. The summed E-state index contributed by atoms with van der Waals surface area (Å²) in [6.45, 7) is 0. The van der Waals surface area contributed by atoms with Crippen LogP contribution >= 0.6 is 0 Å². The highest BCUT2D eigenvalue weighted by Gasteiger charge is 2.16. The topological polar surface area (TPSA) is 116 Å². The van der Waals surface area contributed by atoms with Gasteiger partial charge < -0.3 is 19.2 Å². The van der Waals surface area contributed by atoms with E-state index in [1.54, 1.807) is 55.6 Å². The Labute approximate surface area is 188 Å². The first kappa shape index (κ1) is 21.6. The molecule has 4 rings (SSSR count). The number of carbonyl (C=O) groups is 1. The molecule has 0 aliphatic rings. The third kappa shape index (κ3) is 4.82. The van der Waals surface area contributed by atoms with E-state index in [1.165, 1.54) is 31.4 Å². The summed E-state index contributed by atoms with van der Waals surface area (Å²) in [6, 6.07) is 19.5. The lowest BCUT2D eigenvalue weighted by atomic mass is 10.1. The zero-order chi connectivity index (χ0) is 23.4. The van der Waals surface area contributed by atoms with Gasteiger partial charge in [-0.05, 0) is 48.5 Å². The minimum absolute atomic E-state index is 0.0573. The molecule has 1 heterocycles. The molecule has 0 saturated carbocycles. The summed E-state index contributed by atoms with van der Waals surface area (Å²) in [6.07, 6.45) is 0. The number of nitro benzene ring substituents is 1. The Hall–Kier alpha value is -4.66. The highest BCUT2D eigenvalue weighted by Crippen LogP contribution is 2.23. The number of nitrogens with zero attached hydrogens (tertiary/aromatic N) is 2. The van der Waals surface area contributed by atoms with Gasteiger partial charge >= 0.3 is 0 Å². The van der Waals surface area contributed by atoms with Gasteiger partial charge in [0, 0.05) is 29.3 Å². The van der Waals surface area contributed by atoms with Crippen LogP contribution in [0.15, 0.2) is 82.2 Å². The summed E-state index contributed by atoms with van der Waals surface area (Å²) in [5.41, 5.74) is 1.45. The number of benzene rings is 3. The molecule has 9 nitrogen and oxygen atoms in total. The SMILES string of the molecule is COc1ccc(N=c2oc3ccc([N+](=O)[O-])cc3cc2C(=O)Nc2cccc(OC)c2)cc1. The summed E-state index contributed by atoms with van der Waals surface area (Å²) < 4.78 is 16.2. The Morgan fingerprint density at radius 1 is 0.970 bits per heavy atom. The highest BCUT2D eigenvalue weighted by molar-refractivity contribution is 6.05. The molecule has 0 aliphatic carbocycles. The average molecular weight is 445 g/mol. The lowest BCUT2D eigenvalue weighted by Crippen LogP contribution is -2.21. The van der Waals surface area contributed by atoms with Gasteiger partial charge in [-0.15, -0.1) is 0 Å². The number of hydrogen-bond acceptors (Lipinski definition) is 7. The standard InChI is InChI=1S/C24H19N3O6/c1-31-19-9-6-16(7-10-19)26-24-21(23(28)25-17-4-3-5-20(14-17)32-2)13-15-12-18(27(29)30)8-11-22(15)33-24/h3-14H,1-2H3,(H,25,28). The number of nitrogens with one attached hydrogen (secondary N) is 1. The Kier molecular flexibility index (Phi) is 6.03. The van der Waals surface area contributed by atoms with Crippen LogP contribution in [0, 0.1) is 10.1 Å². The van der Waals surface area contributed by atoms with Crippen molar-refractivity contribution in [1.82, 2.24) is 0 Å². The van der Waals surface area contributed by atoms with Gasteiger partial charge in [0.15, 0.2) is 0 Å². The number of methoxy groups -OCH3 is 2. The molecule has 1 aromatic heterocycles. The fourth-order valence-corrected chi connectivity index (χ4v) is 3.15. The van der Waals surface area contributed by atoms with Crippen LogP contribution in [0.25, 0.3) is 11.0 Å². The molecule has 33 heavy (non-hydrogen) atoms. The van der Waals surface area contributed by atoms with Gasteiger partial charge in [0.05, 0.1) is 24.8 Å². The van der Waals surface area contributed by atoms with Gasteiger partial charge in [-0.25, -0.2) is 4.99 Å². The first-order valence-corrected chi connectivity index (χ1v) is 9.83. The maximum Gasteiger partial charge on any atom is 0.270 e. The second-order valence-electron chi connectivity index (χ2n) is 6.94. The zero-order valence-corrected chi connectivity index (χ0v) is 17.8. The molecule has 0 aliphatic heterocycles. The van der Waals surface area contributed by atoms with Gasteiger partial charge in [0.25, 0.3) is 11.6 Å². The number of nitro groups is 1. The third-order valence-electron chi connectivity index (χ3n) is 4.82. The Balaban J connectivity index is 1.84. The van der Waals surface area contributed by atoms with Gasteiger partial charge in [-0.3, -0.25) is 14.9 Å². The Morgan fingerprint density at radius 3 is 2.42 bits per heavy atom. The monoisotopic (exact) mass is 445 g/mol. The second kappa shape index (κ2) is 9.23. The van der Waals surface area contributed by atoms with Gasteiger partial charge in [-0.1, -0.05) is 6.07 Å². The lowest BCUT2D eigenvalue weighted by Gasteiger charge is -2.08. The second-order valence-corrected chi connectivity index (χ2v) is 6.94. The van der Waals surface area contributed by atoms with E-state index in [0.717, 1.165) is 0 Å². The van der Waals surface area contributed by atoms with Crippen LogP contribution in [0.3, 0.4) is 0 Å². The van der Waals surface area contributed by atoms with E-state index in [9.17, 15) is 14.9 Å². The number of hydrogen-bond donors (Lipinski definition) is 1. The summed E-state index contributed by atoms with van der Waals surface area (Å²) in [5, 5.41) is 14.4. The molecular weight excluding hydrogens is 426 g/mol.